The summed E-state index contributed by atoms with van der Waals surface area (Å²) >= 11 is 1.20. The van der Waals surface area contributed by atoms with Crippen LogP contribution in [0.5, 0.6) is 0 Å². The molecule has 1 amide bonds. The number of rotatable bonds is 9. The first-order chi connectivity index (χ1) is 13.9. The molecular formula is C23H29NO4S. The zero-order chi connectivity index (χ0) is 21.2. The average Bonchev–Trinajstić information content (AvgIpc) is 3.31. The molecule has 1 saturated heterocycles. The summed E-state index contributed by atoms with van der Waals surface area (Å²) in [6.45, 7) is 4.53. The van der Waals surface area contributed by atoms with Crippen LogP contribution in [0.4, 0.5) is 0 Å². The molecule has 0 aromatic carbocycles. The van der Waals surface area contributed by atoms with E-state index in [-0.39, 0.29) is 17.9 Å². The fraction of sp³-hybridized carbons (Fsp3) is 0.478. The first kappa shape index (κ1) is 22.9. The molecule has 0 saturated carbocycles. The zero-order valence-electron chi connectivity index (χ0n) is 17.0. The van der Waals surface area contributed by atoms with Crippen molar-refractivity contribution in [3.63, 3.8) is 0 Å². The van der Waals surface area contributed by atoms with E-state index in [0.717, 1.165) is 24.1 Å². The normalized spacial score (nSPS) is 18.9. The van der Waals surface area contributed by atoms with Crippen LogP contribution in [0.2, 0.25) is 0 Å². The van der Waals surface area contributed by atoms with Crippen LogP contribution in [0, 0.1) is 17.8 Å². The molecule has 1 unspecified atom stereocenters. The predicted molar refractivity (Wildman–Crippen MR) is 117 cm³/mol. The van der Waals surface area contributed by atoms with Gasteiger partial charge in [0.2, 0.25) is 5.91 Å². The maximum absolute atomic E-state index is 12.2. The first-order valence-electron chi connectivity index (χ1n) is 10.0. The van der Waals surface area contributed by atoms with Crippen molar-refractivity contribution in [1.82, 2.24) is 4.90 Å². The number of carboxylic acid groups (broad SMARTS) is 1. The van der Waals surface area contributed by atoms with Gasteiger partial charge in [0.1, 0.15) is 4.88 Å². The molecule has 2 heterocycles. The third kappa shape index (κ3) is 7.19. The summed E-state index contributed by atoms with van der Waals surface area (Å²) in [5.41, 5.74) is 0. The number of aromatic carboxylic acids is 1. The Hall–Kier alpha value is -2.36. The minimum atomic E-state index is -0.932. The van der Waals surface area contributed by atoms with Crippen molar-refractivity contribution in [2.75, 3.05) is 6.54 Å². The van der Waals surface area contributed by atoms with Gasteiger partial charge in [0, 0.05) is 30.7 Å². The van der Waals surface area contributed by atoms with Crippen LogP contribution in [0.25, 0.3) is 6.08 Å². The molecule has 2 rings (SSSR count). The van der Waals surface area contributed by atoms with Crippen molar-refractivity contribution in [2.24, 2.45) is 5.92 Å². The molecule has 156 valence electrons. The number of hydrogen-bond donors (Lipinski definition) is 2. The van der Waals surface area contributed by atoms with Crippen molar-refractivity contribution >= 4 is 29.3 Å². The number of carbonyl (C=O) groups is 2. The molecule has 0 spiro atoms. The van der Waals surface area contributed by atoms with E-state index in [0.29, 0.717) is 24.3 Å². The second kappa shape index (κ2) is 11.6. The number of aliphatic hydroxyl groups is 1. The highest BCUT2D eigenvalue weighted by atomic mass is 32.1. The van der Waals surface area contributed by atoms with E-state index >= 15 is 0 Å². The third-order valence-electron chi connectivity index (χ3n) is 4.83. The highest BCUT2D eigenvalue weighted by Crippen LogP contribution is 2.22. The molecule has 1 fully saturated rings. The van der Waals surface area contributed by atoms with Crippen LogP contribution in [-0.2, 0) is 4.79 Å². The molecule has 0 bridgehead atoms. The van der Waals surface area contributed by atoms with Crippen LogP contribution >= 0.6 is 11.3 Å². The number of nitrogens with zero attached hydrogens (tertiary/aromatic N) is 1. The van der Waals surface area contributed by atoms with E-state index in [4.69, 9.17) is 5.11 Å². The first-order valence-corrected chi connectivity index (χ1v) is 10.8. The topological polar surface area (TPSA) is 77.8 Å². The number of aliphatic hydroxyl groups excluding tert-OH is 1. The predicted octanol–water partition coefficient (Wildman–Crippen LogP) is 4.20. The van der Waals surface area contributed by atoms with Crippen molar-refractivity contribution in [1.29, 1.82) is 0 Å². The van der Waals surface area contributed by atoms with Crippen LogP contribution < -0.4 is 0 Å². The monoisotopic (exact) mass is 415 g/mol. The van der Waals surface area contributed by atoms with E-state index in [1.807, 2.05) is 25.2 Å². The smallest absolute Gasteiger partial charge is 0.345 e. The molecule has 1 aromatic heterocycles. The molecule has 2 N–H and O–H groups in total. The fourth-order valence-electron chi connectivity index (χ4n) is 3.03. The summed E-state index contributed by atoms with van der Waals surface area (Å²) in [6.07, 6.45) is 10.7. The van der Waals surface area contributed by atoms with Crippen LogP contribution in [0.15, 0.2) is 30.4 Å². The molecule has 1 aliphatic heterocycles. The molecule has 3 atom stereocenters. The van der Waals surface area contributed by atoms with Gasteiger partial charge in [-0.2, -0.15) is 0 Å². The van der Waals surface area contributed by atoms with Gasteiger partial charge in [-0.15, -0.1) is 23.2 Å². The summed E-state index contributed by atoms with van der Waals surface area (Å²) in [6, 6.07) is 3.31. The molecule has 5 nitrogen and oxygen atoms in total. The zero-order valence-corrected chi connectivity index (χ0v) is 17.8. The minimum absolute atomic E-state index is 0.0295. The molecule has 1 aromatic rings. The van der Waals surface area contributed by atoms with Crippen LogP contribution in [0.3, 0.4) is 0 Å². The number of carbonyl (C=O) groups excluding carboxylic acids is 1. The Morgan fingerprint density at radius 3 is 2.90 bits per heavy atom. The highest BCUT2D eigenvalue weighted by Gasteiger charge is 2.28. The maximum atomic E-state index is 12.2. The number of likely N-dealkylation sites (tertiary alicyclic amines) is 1. The highest BCUT2D eigenvalue weighted by molar-refractivity contribution is 7.14. The summed E-state index contributed by atoms with van der Waals surface area (Å²) in [4.78, 5) is 26.1. The van der Waals surface area contributed by atoms with Gasteiger partial charge in [-0.3, -0.25) is 4.79 Å². The third-order valence-corrected chi connectivity index (χ3v) is 5.87. The Kier molecular flexibility index (Phi) is 9.17. The summed E-state index contributed by atoms with van der Waals surface area (Å²) in [7, 11) is 0. The van der Waals surface area contributed by atoms with E-state index in [1.165, 1.54) is 11.3 Å². The minimum Gasteiger partial charge on any atom is -0.477 e. The number of thiophene rings is 1. The Bertz CT molecular complexity index is 814. The van der Waals surface area contributed by atoms with E-state index in [9.17, 15) is 14.7 Å². The lowest BCUT2D eigenvalue weighted by Gasteiger charge is -2.21. The molecule has 0 radical (unpaired) electrons. The van der Waals surface area contributed by atoms with Gasteiger partial charge in [0.25, 0.3) is 0 Å². The SMILES string of the molecule is CCCC#CC[C@H](C)[C@H](O)C=CC1CCC(=O)N1CC=Cc1ccc(C(=O)O)s1. The maximum Gasteiger partial charge on any atom is 0.345 e. The van der Waals surface area contributed by atoms with Crippen molar-refractivity contribution in [3.8, 4) is 11.8 Å². The summed E-state index contributed by atoms with van der Waals surface area (Å²) in [5.74, 6) is 5.41. The Labute approximate surface area is 176 Å². The Morgan fingerprint density at radius 2 is 2.21 bits per heavy atom. The van der Waals surface area contributed by atoms with Gasteiger partial charge < -0.3 is 15.1 Å². The fourth-order valence-corrected chi connectivity index (χ4v) is 3.81. The van der Waals surface area contributed by atoms with Crippen molar-refractivity contribution in [3.05, 3.63) is 40.1 Å². The Balaban J connectivity index is 1.90. The van der Waals surface area contributed by atoms with Gasteiger partial charge in [-0.05, 0) is 37.0 Å². The molecule has 6 heteroatoms. The van der Waals surface area contributed by atoms with E-state index in [2.05, 4.69) is 18.8 Å². The average molecular weight is 416 g/mol. The van der Waals surface area contributed by atoms with Crippen molar-refractivity contribution in [2.45, 2.75) is 58.1 Å². The molecular weight excluding hydrogens is 386 g/mol. The lowest BCUT2D eigenvalue weighted by molar-refractivity contribution is -0.127. The lowest BCUT2D eigenvalue weighted by Crippen LogP contribution is -2.32. The van der Waals surface area contributed by atoms with Gasteiger partial charge >= 0.3 is 5.97 Å². The quantitative estimate of drug-likeness (QED) is 0.468. The van der Waals surface area contributed by atoms with Gasteiger partial charge in [-0.1, -0.05) is 32.1 Å². The summed E-state index contributed by atoms with van der Waals surface area (Å²) in [5, 5.41) is 19.3. The standard InChI is InChI=1S/C23H29NO4S/c1-3-4-5-6-8-17(2)20(25)13-10-18-11-15-22(26)24(18)16-7-9-19-12-14-21(29-19)23(27)28/h7,9-10,12-14,17-18,20,25H,3-4,8,11,15-16H2,1-2H3,(H,27,28)/t17-,18?,20+/m0/s1. The number of hydrogen-bond acceptors (Lipinski definition) is 4. The molecule has 1 aliphatic rings. The van der Waals surface area contributed by atoms with Gasteiger partial charge in [0.05, 0.1) is 12.1 Å². The second-order valence-electron chi connectivity index (χ2n) is 7.22. The van der Waals surface area contributed by atoms with Crippen LogP contribution in [0.1, 0.15) is 60.5 Å². The lowest BCUT2D eigenvalue weighted by atomic mass is 10.00. The van der Waals surface area contributed by atoms with E-state index < -0.39 is 12.1 Å². The number of amides is 1. The molecule has 0 aliphatic carbocycles. The number of carboxylic acids is 1. The van der Waals surface area contributed by atoms with E-state index in [1.54, 1.807) is 23.1 Å². The number of unbranched alkanes of at least 4 members (excludes halogenated alkanes) is 1. The van der Waals surface area contributed by atoms with Crippen molar-refractivity contribution < 1.29 is 19.8 Å². The van der Waals surface area contributed by atoms with Crippen LogP contribution in [-0.4, -0.2) is 45.7 Å². The van der Waals surface area contributed by atoms with Gasteiger partial charge in [0.15, 0.2) is 0 Å². The molecule has 29 heavy (non-hydrogen) atoms. The summed E-state index contributed by atoms with van der Waals surface area (Å²) < 4.78 is 0. The largest absolute Gasteiger partial charge is 0.477 e. The van der Waals surface area contributed by atoms with Gasteiger partial charge in [-0.25, -0.2) is 4.79 Å². The second-order valence-corrected chi connectivity index (χ2v) is 8.34. The Morgan fingerprint density at radius 1 is 1.41 bits per heavy atom.